The van der Waals surface area contributed by atoms with E-state index in [1.54, 1.807) is 37.3 Å². The van der Waals surface area contributed by atoms with Gasteiger partial charge in [-0.2, -0.15) is 9.78 Å². The molecule has 2 aromatic carbocycles. The van der Waals surface area contributed by atoms with Crippen LogP contribution in [-0.4, -0.2) is 33.2 Å². The fourth-order valence-corrected chi connectivity index (χ4v) is 2.68. The van der Waals surface area contributed by atoms with E-state index in [4.69, 9.17) is 21.1 Å². The van der Waals surface area contributed by atoms with Gasteiger partial charge in [0.15, 0.2) is 5.69 Å². The van der Waals surface area contributed by atoms with Gasteiger partial charge in [0.2, 0.25) is 5.88 Å². The molecule has 0 fully saturated rings. The van der Waals surface area contributed by atoms with Crippen LogP contribution in [0.3, 0.4) is 0 Å². The van der Waals surface area contributed by atoms with Gasteiger partial charge in [-0.3, -0.25) is 10.1 Å². The highest BCUT2D eigenvalue weighted by molar-refractivity contribution is 6.33. The molecule has 0 aliphatic rings. The average molecular weight is 416 g/mol. The van der Waals surface area contributed by atoms with Crippen molar-refractivity contribution in [2.45, 2.75) is 6.92 Å². The van der Waals surface area contributed by atoms with Crippen molar-refractivity contribution in [3.8, 4) is 11.6 Å². The van der Waals surface area contributed by atoms with Crippen LogP contribution in [0.5, 0.6) is 5.88 Å². The smallest absolute Gasteiger partial charge is 0.358 e. The van der Waals surface area contributed by atoms with Crippen molar-refractivity contribution in [3.63, 3.8) is 0 Å². The molecule has 0 saturated heterocycles. The Morgan fingerprint density at radius 2 is 1.86 bits per heavy atom. The fourth-order valence-electron chi connectivity index (χ4n) is 2.43. The van der Waals surface area contributed by atoms with Gasteiger partial charge in [0, 0.05) is 18.2 Å². The maximum Gasteiger partial charge on any atom is 0.358 e. The van der Waals surface area contributed by atoms with E-state index < -0.39 is 16.9 Å². The number of nitro groups is 1. The minimum Gasteiger partial charge on any atom is -0.461 e. The van der Waals surface area contributed by atoms with Gasteiger partial charge < -0.3 is 9.47 Å². The van der Waals surface area contributed by atoms with Crippen molar-refractivity contribution in [2.24, 2.45) is 0 Å². The number of carbonyl (C=O) groups excluding carboxylic acids is 2. The van der Waals surface area contributed by atoms with E-state index in [2.05, 4.69) is 5.10 Å². The molecule has 1 aromatic heterocycles. The normalized spacial score (nSPS) is 10.4. The van der Waals surface area contributed by atoms with E-state index >= 15 is 0 Å². The standard InChI is InChI=1S/C19H14ClN3O6/c1-2-28-19(25)16-11-17(22(21-16)12-6-4-3-5-7-12)29-18(24)14-9-8-13(23(26)27)10-15(14)20/h3-11H,2H2,1H3. The number of esters is 2. The Kier molecular flexibility index (Phi) is 5.89. The monoisotopic (exact) mass is 415 g/mol. The predicted octanol–water partition coefficient (Wildman–Crippen LogP) is 3.83. The summed E-state index contributed by atoms with van der Waals surface area (Å²) in [5.41, 5.74) is 0.162. The summed E-state index contributed by atoms with van der Waals surface area (Å²) in [6, 6.07) is 13.4. The minimum absolute atomic E-state index is 0.0429. The van der Waals surface area contributed by atoms with Crippen molar-refractivity contribution in [2.75, 3.05) is 6.61 Å². The molecule has 0 spiro atoms. The van der Waals surface area contributed by atoms with Crippen LogP contribution in [0.25, 0.3) is 5.69 Å². The molecule has 9 nitrogen and oxygen atoms in total. The Labute approximate surface area is 169 Å². The minimum atomic E-state index is -0.864. The lowest BCUT2D eigenvalue weighted by molar-refractivity contribution is -0.384. The lowest BCUT2D eigenvalue weighted by atomic mass is 10.2. The summed E-state index contributed by atoms with van der Waals surface area (Å²) >= 11 is 5.99. The summed E-state index contributed by atoms with van der Waals surface area (Å²) in [5, 5.41) is 14.8. The highest BCUT2D eigenvalue weighted by atomic mass is 35.5. The van der Waals surface area contributed by atoms with E-state index in [0.29, 0.717) is 5.69 Å². The molecule has 0 N–H and O–H groups in total. The molecule has 0 saturated carbocycles. The van der Waals surface area contributed by atoms with E-state index in [0.717, 1.165) is 12.1 Å². The van der Waals surface area contributed by atoms with Crippen molar-refractivity contribution < 1.29 is 24.0 Å². The SMILES string of the molecule is CCOC(=O)c1cc(OC(=O)c2ccc([N+](=O)[O-])cc2Cl)n(-c2ccccc2)n1. The van der Waals surface area contributed by atoms with Gasteiger partial charge >= 0.3 is 11.9 Å². The third-order valence-electron chi connectivity index (χ3n) is 3.74. The van der Waals surface area contributed by atoms with Crippen molar-refractivity contribution in [1.29, 1.82) is 0 Å². The molecule has 29 heavy (non-hydrogen) atoms. The highest BCUT2D eigenvalue weighted by Crippen LogP contribution is 2.26. The van der Waals surface area contributed by atoms with Gasteiger partial charge in [-0.25, -0.2) is 9.59 Å². The summed E-state index contributed by atoms with van der Waals surface area (Å²) in [5.74, 6) is -1.58. The number of para-hydroxylation sites is 1. The van der Waals surface area contributed by atoms with Gasteiger partial charge in [-0.05, 0) is 25.1 Å². The van der Waals surface area contributed by atoms with Crippen LogP contribution in [-0.2, 0) is 4.74 Å². The zero-order chi connectivity index (χ0) is 21.0. The molecule has 0 radical (unpaired) electrons. The van der Waals surface area contributed by atoms with E-state index in [9.17, 15) is 19.7 Å². The third kappa shape index (κ3) is 4.41. The molecule has 0 amide bonds. The predicted molar refractivity (Wildman–Crippen MR) is 103 cm³/mol. The lowest BCUT2D eigenvalue weighted by Crippen LogP contribution is -2.12. The van der Waals surface area contributed by atoms with Crippen LogP contribution >= 0.6 is 11.6 Å². The Balaban J connectivity index is 1.96. The molecule has 0 aliphatic heterocycles. The third-order valence-corrected chi connectivity index (χ3v) is 4.06. The number of ether oxygens (including phenoxy) is 2. The summed E-state index contributed by atoms with van der Waals surface area (Å²) in [6.45, 7) is 1.81. The van der Waals surface area contributed by atoms with Crippen LogP contribution < -0.4 is 4.74 Å². The van der Waals surface area contributed by atoms with Crippen LogP contribution in [0, 0.1) is 10.1 Å². The summed E-state index contributed by atoms with van der Waals surface area (Å²) in [6.07, 6.45) is 0. The number of nitrogens with zero attached hydrogens (tertiary/aromatic N) is 3. The molecule has 10 heteroatoms. The second-order valence-electron chi connectivity index (χ2n) is 5.65. The average Bonchev–Trinajstić information content (AvgIpc) is 3.12. The van der Waals surface area contributed by atoms with E-state index in [1.807, 2.05) is 0 Å². The maximum atomic E-state index is 12.6. The van der Waals surface area contributed by atoms with Gasteiger partial charge in [0.1, 0.15) is 0 Å². The summed E-state index contributed by atoms with van der Waals surface area (Å²) < 4.78 is 11.6. The van der Waals surface area contributed by atoms with Gasteiger partial charge in [-0.1, -0.05) is 29.8 Å². The van der Waals surface area contributed by atoms with Crippen LogP contribution in [0.4, 0.5) is 5.69 Å². The Morgan fingerprint density at radius 1 is 1.14 bits per heavy atom. The number of rotatable bonds is 6. The largest absolute Gasteiger partial charge is 0.461 e. The number of hydrogen-bond donors (Lipinski definition) is 0. The summed E-state index contributed by atoms with van der Waals surface area (Å²) in [7, 11) is 0. The number of carbonyl (C=O) groups is 2. The Morgan fingerprint density at radius 3 is 2.48 bits per heavy atom. The number of non-ortho nitro benzene ring substituents is 1. The number of nitro benzene ring substituents is 1. The topological polar surface area (TPSA) is 114 Å². The highest BCUT2D eigenvalue weighted by Gasteiger charge is 2.22. The van der Waals surface area contributed by atoms with Gasteiger partial charge in [0.05, 0.1) is 27.8 Å². The number of benzene rings is 2. The van der Waals surface area contributed by atoms with Crippen molar-refractivity contribution in [3.05, 3.63) is 81.0 Å². The van der Waals surface area contributed by atoms with E-state index in [-0.39, 0.29) is 34.5 Å². The molecule has 148 valence electrons. The lowest BCUT2D eigenvalue weighted by Gasteiger charge is -2.08. The van der Waals surface area contributed by atoms with E-state index in [1.165, 1.54) is 16.8 Å². The van der Waals surface area contributed by atoms with Crippen molar-refractivity contribution in [1.82, 2.24) is 9.78 Å². The van der Waals surface area contributed by atoms with Crippen molar-refractivity contribution >= 4 is 29.2 Å². The quantitative estimate of drug-likeness (QED) is 0.341. The number of aromatic nitrogens is 2. The molecule has 1 heterocycles. The maximum absolute atomic E-state index is 12.6. The second kappa shape index (κ2) is 8.53. The molecular weight excluding hydrogens is 402 g/mol. The molecular formula is C19H14ClN3O6. The molecule has 3 rings (SSSR count). The van der Waals surface area contributed by atoms with Crippen LogP contribution in [0.1, 0.15) is 27.8 Å². The zero-order valence-corrected chi connectivity index (χ0v) is 15.8. The zero-order valence-electron chi connectivity index (χ0n) is 15.1. The molecule has 0 aliphatic carbocycles. The Bertz CT molecular complexity index is 1080. The molecule has 3 aromatic rings. The van der Waals surface area contributed by atoms with Gasteiger partial charge in [-0.15, -0.1) is 0 Å². The molecule has 0 atom stereocenters. The van der Waals surface area contributed by atoms with Gasteiger partial charge in [0.25, 0.3) is 5.69 Å². The van der Waals surface area contributed by atoms with Crippen LogP contribution in [0.2, 0.25) is 5.02 Å². The first-order valence-electron chi connectivity index (χ1n) is 8.39. The molecule has 0 unspecified atom stereocenters. The Hall–Kier alpha value is -3.72. The molecule has 0 bridgehead atoms. The first-order valence-corrected chi connectivity index (χ1v) is 8.77. The fraction of sp³-hybridized carbons (Fsp3) is 0.105. The number of hydrogen-bond acceptors (Lipinski definition) is 7. The first kappa shape index (κ1) is 20.0. The van der Waals surface area contributed by atoms with Crippen LogP contribution in [0.15, 0.2) is 54.6 Å². The second-order valence-corrected chi connectivity index (χ2v) is 6.05. The number of halogens is 1. The summed E-state index contributed by atoms with van der Waals surface area (Å²) in [4.78, 5) is 34.8. The first-order chi connectivity index (χ1) is 13.9.